The van der Waals surface area contributed by atoms with Gasteiger partial charge in [-0.1, -0.05) is 42.8 Å². The molecule has 0 aliphatic carbocycles. The van der Waals surface area contributed by atoms with Crippen LogP contribution < -0.4 is 10.9 Å². The van der Waals surface area contributed by atoms with E-state index in [0.29, 0.717) is 33.9 Å². The number of nitrogens with zero attached hydrogens (tertiary/aromatic N) is 2. The first kappa shape index (κ1) is 20.9. The largest absolute Gasteiger partial charge is 0.444 e. The number of fused-ring (bicyclic) bond motifs is 1. The van der Waals surface area contributed by atoms with Crippen molar-refractivity contribution in [3.63, 3.8) is 0 Å². The van der Waals surface area contributed by atoms with Gasteiger partial charge in [0, 0.05) is 0 Å². The van der Waals surface area contributed by atoms with Gasteiger partial charge < -0.3 is 10.1 Å². The fourth-order valence-corrected chi connectivity index (χ4v) is 3.32. The first-order valence-corrected chi connectivity index (χ1v) is 9.85. The van der Waals surface area contributed by atoms with Gasteiger partial charge in [-0.05, 0) is 51.5 Å². The van der Waals surface area contributed by atoms with E-state index in [4.69, 9.17) is 21.3 Å². The average molecular weight is 414 g/mol. The van der Waals surface area contributed by atoms with E-state index >= 15 is 0 Å². The van der Waals surface area contributed by atoms with Gasteiger partial charge >= 0.3 is 6.09 Å². The molecule has 29 heavy (non-hydrogen) atoms. The molecule has 3 rings (SSSR count). The molecule has 2 aromatic carbocycles. The molecule has 0 aliphatic rings. The van der Waals surface area contributed by atoms with Crippen molar-refractivity contribution in [2.45, 2.75) is 45.8 Å². The number of ether oxygens (including phenoxy) is 1. The van der Waals surface area contributed by atoms with Gasteiger partial charge in [0.25, 0.3) is 5.56 Å². The lowest BCUT2D eigenvalue weighted by molar-refractivity contribution is 0.0499. The zero-order valence-corrected chi connectivity index (χ0v) is 17.7. The highest BCUT2D eigenvalue weighted by molar-refractivity contribution is 6.35. The van der Waals surface area contributed by atoms with Crippen LogP contribution in [0, 0.1) is 0 Å². The van der Waals surface area contributed by atoms with E-state index in [0.717, 1.165) is 0 Å². The zero-order chi connectivity index (χ0) is 21.2. The van der Waals surface area contributed by atoms with Crippen molar-refractivity contribution in [3.8, 4) is 5.69 Å². The number of carbonyl (C=O) groups excluding carboxylic acids is 1. The van der Waals surface area contributed by atoms with Crippen LogP contribution in [0.15, 0.2) is 53.3 Å². The van der Waals surface area contributed by atoms with E-state index < -0.39 is 17.7 Å². The topological polar surface area (TPSA) is 73.2 Å². The predicted molar refractivity (Wildman–Crippen MR) is 115 cm³/mol. The lowest BCUT2D eigenvalue weighted by atomic mass is 10.1. The number of halogens is 1. The van der Waals surface area contributed by atoms with Crippen LogP contribution in [0.5, 0.6) is 0 Å². The van der Waals surface area contributed by atoms with Crippen molar-refractivity contribution >= 4 is 28.6 Å². The zero-order valence-electron chi connectivity index (χ0n) is 16.9. The fourth-order valence-electron chi connectivity index (χ4n) is 3.07. The third kappa shape index (κ3) is 4.59. The van der Waals surface area contributed by atoms with Gasteiger partial charge in [-0.2, -0.15) is 0 Å². The van der Waals surface area contributed by atoms with Crippen molar-refractivity contribution < 1.29 is 9.53 Å². The number of rotatable bonds is 4. The normalized spacial score (nSPS) is 12.6. The summed E-state index contributed by atoms with van der Waals surface area (Å²) in [5.41, 5.74) is 0.206. The molecule has 3 aromatic rings. The van der Waals surface area contributed by atoms with Crippen LogP contribution >= 0.6 is 11.6 Å². The van der Waals surface area contributed by atoms with Gasteiger partial charge in [0.15, 0.2) is 0 Å². The van der Waals surface area contributed by atoms with Crippen LogP contribution in [0.1, 0.15) is 46.0 Å². The van der Waals surface area contributed by atoms with Crippen molar-refractivity contribution in [1.29, 1.82) is 0 Å². The quantitative estimate of drug-likeness (QED) is 0.652. The molecule has 0 saturated carbocycles. The number of aromatic nitrogens is 2. The number of amides is 1. The number of hydrogen-bond acceptors (Lipinski definition) is 4. The Morgan fingerprint density at radius 1 is 1.17 bits per heavy atom. The molecule has 0 unspecified atom stereocenters. The molecule has 7 heteroatoms. The SMILES string of the molecule is CC[C@@H](NC(=O)OC(C)(C)C)c1nc2cccc(Cl)c2c(=O)n1-c1ccccc1. The Hall–Kier alpha value is -2.86. The highest BCUT2D eigenvalue weighted by atomic mass is 35.5. The molecule has 1 heterocycles. The average Bonchev–Trinajstić information content (AvgIpc) is 2.65. The molecule has 0 spiro atoms. The van der Waals surface area contributed by atoms with Gasteiger partial charge in [-0.15, -0.1) is 0 Å². The maximum absolute atomic E-state index is 13.4. The highest BCUT2D eigenvalue weighted by Gasteiger charge is 2.25. The third-order valence-electron chi connectivity index (χ3n) is 4.30. The number of alkyl carbamates (subject to hydrolysis) is 1. The van der Waals surface area contributed by atoms with Gasteiger partial charge in [-0.25, -0.2) is 9.78 Å². The maximum atomic E-state index is 13.4. The molecular weight excluding hydrogens is 390 g/mol. The summed E-state index contributed by atoms with van der Waals surface area (Å²) in [7, 11) is 0. The Balaban J connectivity index is 2.19. The summed E-state index contributed by atoms with van der Waals surface area (Å²) in [5.74, 6) is 0.421. The molecule has 0 fully saturated rings. The van der Waals surface area contributed by atoms with E-state index in [1.807, 2.05) is 37.3 Å². The maximum Gasteiger partial charge on any atom is 0.408 e. The molecule has 6 nitrogen and oxygen atoms in total. The predicted octanol–water partition coefficient (Wildman–Crippen LogP) is 5.01. The second-order valence-electron chi connectivity index (χ2n) is 7.69. The minimum absolute atomic E-state index is 0.286. The Morgan fingerprint density at radius 2 is 1.86 bits per heavy atom. The van der Waals surface area contributed by atoms with Crippen LogP contribution in [0.25, 0.3) is 16.6 Å². The number of hydrogen-bond donors (Lipinski definition) is 1. The third-order valence-corrected chi connectivity index (χ3v) is 4.61. The molecule has 0 radical (unpaired) electrons. The summed E-state index contributed by atoms with van der Waals surface area (Å²) < 4.78 is 6.89. The summed E-state index contributed by atoms with van der Waals surface area (Å²) in [6, 6.07) is 13.8. The van der Waals surface area contributed by atoms with E-state index in [1.165, 1.54) is 4.57 Å². The molecule has 0 saturated heterocycles. The van der Waals surface area contributed by atoms with Crippen molar-refractivity contribution in [1.82, 2.24) is 14.9 Å². The Labute approximate surface area is 174 Å². The lowest BCUT2D eigenvalue weighted by Gasteiger charge is -2.24. The number of benzene rings is 2. The van der Waals surface area contributed by atoms with Crippen LogP contribution in [0.3, 0.4) is 0 Å². The smallest absolute Gasteiger partial charge is 0.408 e. The minimum atomic E-state index is -0.633. The Bertz CT molecular complexity index is 1090. The van der Waals surface area contributed by atoms with E-state index in [2.05, 4.69) is 5.32 Å². The number of para-hydroxylation sites is 1. The summed E-state index contributed by atoms with van der Waals surface area (Å²) in [6.07, 6.45) is -0.0469. The number of nitrogens with one attached hydrogen (secondary N) is 1. The van der Waals surface area contributed by atoms with E-state index in [1.54, 1.807) is 39.0 Å². The van der Waals surface area contributed by atoms with Crippen molar-refractivity contribution in [2.24, 2.45) is 0 Å². The van der Waals surface area contributed by atoms with E-state index in [9.17, 15) is 9.59 Å². The molecule has 152 valence electrons. The molecule has 0 bridgehead atoms. The summed E-state index contributed by atoms with van der Waals surface area (Å²) in [6.45, 7) is 7.29. The fraction of sp³-hybridized carbons (Fsp3) is 0.318. The molecule has 1 N–H and O–H groups in total. The summed E-state index contributed by atoms with van der Waals surface area (Å²) >= 11 is 6.30. The van der Waals surface area contributed by atoms with Crippen LogP contribution in [-0.4, -0.2) is 21.2 Å². The molecular formula is C22H24ClN3O3. The second-order valence-corrected chi connectivity index (χ2v) is 8.09. The molecule has 1 aromatic heterocycles. The van der Waals surface area contributed by atoms with Gasteiger partial charge in [-0.3, -0.25) is 9.36 Å². The van der Waals surface area contributed by atoms with E-state index in [-0.39, 0.29) is 5.56 Å². The lowest BCUT2D eigenvalue weighted by Crippen LogP contribution is -2.37. The van der Waals surface area contributed by atoms with Gasteiger partial charge in [0.2, 0.25) is 0 Å². The summed E-state index contributed by atoms with van der Waals surface area (Å²) in [4.78, 5) is 30.5. The molecule has 1 atom stereocenters. The van der Waals surface area contributed by atoms with Crippen molar-refractivity contribution in [3.05, 3.63) is 69.7 Å². The standard InChI is InChI=1S/C22H24ClN3O3/c1-5-16(25-21(28)29-22(2,3)4)19-24-17-13-9-12-15(23)18(17)20(27)26(19)14-10-7-6-8-11-14/h6-13,16H,5H2,1-4H3,(H,25,28)/t16-/m1/s1. The monoisotopic (exact) mass is 413 g/mol. The van der Waals surface area contributed by atoms with Crippen LogP contribution in [0.4, 0.5) is 4.79 Å². The minimum Gasteiger partial charge on any atom is -0.444 e. The second kappa shape index (κ2) is 8.25. The summed E-state index contributed by atoms with van der Waals surface area (Å²) in [5, 5.41) is 3.52. The number of carbonyl (C=O) groups is 1. The van der Waals surface area contributed by atoms with Crippen LogP contribution in [0.2, 0.25) is 5.02 Å². The Morgan fingerprint density at radius 3 is 2.48 bits per heavy atom. The van der Waals surface area contributed by atoms with Crippen LogP contribution in [-0.2, 0) is 4.74 Å². The molecule has 1 amide bonds. The van der Waals surface area contributed by atoms with Gasteiger partial charge in [0.1, 0.15) is 11.4 Å². The first-order chi connectivity index (χ1) is 13.7. The van der Waals surface area contributed by atoms with Gasteiger partial charge in [0.05, 0.1) is 27.7 Å². The first-order valence-electron chi connectivity index (χ1n) is 9.47. The molecule has 0 aliphatic heterocycles. The Kier molecular flexibility index (Phi) is 5.94. The highest BCUT2D eigenvalue weighted by Crippen LogP contribution is 2.24. The van der Waals surface area contributed by atoms with Crippen molar-refractivity contribution in [2.75, 3.05) is 0 Å².